The fourth-order valence-corrected chi connectivity index (χ4v) is 7.18. The van der Waals surface area contributed by atoms with E-state index in [9.17, 15) is 13.2 Å². The van der Waals surface area contributed by atoms with Gasteiger partial charge in [0.2, 0.25) is 0 Å². The van der Waals surface area contributed by atoms with Crippen LogP contribution >= 0.6 is 55.2 Å². The SMILES string of the molecule is O=C1/C(=C\c2cc(Br)cc(Br)c2OS(=O)(=O)c2ccc(Cl)cc2)SC(=Nc2ccccc2)N1c1ccccc1. The van der Waals surface area contributed by atoms with E-state index in [2.05, 4.69) is 31.9 Å². The van der Waals surface area contributed by atoms with Gasteiger partial charge in [-0.05, 0) is 94.4 Å². The molecule has 1 amide bonds. The average molecular weight is 705 g/mol. The first-order valence-electron chi connectivity index (χ1n) is 11.3. The van der Waals surface area contributed by atoms with E-state index in [1.165, 1.54) is 40.9 Å². The predicted octanol–water partition coefficient (Wildman–Crippen LogP) is 8.44. The minimum Gasteiger partial charge on any atom is -0.377 e. The largest absolute Gasteiger partial charge is 0.377 e. The minimum absolute atomic E-state index is 0.0359. The second-order valence-corrected chi connectivity index (χ2v) is 12.9. The van der Waals surface area contributed by atoms with Gasteiger partial charge in [0.15, 0.2) is 10.9 Å². The predicted molar refractivity (Wildman–Crippen MR) is 164 cm³/mol. The number of carbonyl (C=O) groups excluding carboxylic acids is 1. The van der Waals surface area contributed by atoms with E-state index < -0.39 is 10.1 Å². The van der Waals surface area contributed by atoms with Crippen molar-refractivity contribution in [2.75, 3.05) is 4.90 Å². The normalized spacial score (nSPS) is 15.8. The first-order valence-corrected chi connectivity index (χ1v) is 15.5. The fraction of sp³-hybridized carbons (Fsp3) is 0. The maximum atomic E-state index is 13.7. The highest BCUT2D eigenvalue weighted by molar-refractivity contribution is 9.11. The number of benzene rings is 4. The van der Waals surface area contributed by atoms with E-state index in [1.54, 1.807) is 18.2 Å². The lowest BCUT2D eigenvalue weighted by Gasteiger charge is -2.15. The van der Waals surface area contributed by atoms with Crippen molar-refractivity contribution in [2.24, 2.45) is 4.99 Å². The maximum absolute atomic E-state index is 13.7. The van der Waals surface area contributed by atoms with Crippen LogP contribution in [0.25, 0.3) is 6.08 Å². The molecule has 1 heterocycles. The van der Waals surface area contributed by atoms with Gasteiger partial charge in [0.25, 0.3) is 5.91 Å². The van der Waals surface area contributed by atoms with Crippen molar-refractivity contribution in [3.8, 4) is 5.75 Å². The zero-order valence-corrected chi connectivity index (χ0v) is 25.4. The molecule has 196 valence electrons. The first kappa shape index (κ1) is 27.7. The molecule has 1 fully saturated rings. The lowest BCUT2D eigenvalue weighted by Crippen LogP contribution is -2.28. The van der Waals surface area contributed by atoms with E-state index in [0.29, 0.717) is 41.0 Å². The Kier molecular flexibility index (Phi) is 8.29. The maximum Gasteiger partial charge on any atom is 0.339 e. The zero-order valence-electron chi connectivity index (χ0n) is 19.8. The van der Waals surface area contributed by atoms with Gasteiger partial charge in [0.1, 0.15) is 4.90 Å². The van der Waals surface area contributed by atoms with E-state index >= 15 is 0 Å². The van der Waals surface area contributed by atoms with E-state index in [0.717, 1.165) is 0 Å². The van der Waals surface area contributed by atoms with Crippen LogP contribution in [-0.4, -0.2) is 19.5 Å². The molecule has 6 nitrogen and oxygen atoms in total. The van der Waals surface area contributed by atoms with Crippen molar-refractivity contribution in [2.45, 2.75) is 4.90 Å². The van der Waals surface area contributed by atoms with Crippen molar-refractivity contribution in [3.05, 3.63) is 121 Å². The Morgan fingerprint density at radius 1 is 0.897 bits per heavy atom. The highest BCUT2D eigenvalue weighted by Gasteiger charge is 2.35. The van der Waals surface area contributed by atoms with Crippen LogP contribution in [0.15, 0.2) is 121 Å². The average Bonchev–Trinajstić information content (AvgIpc) is 3.21. The number of amides is 1. The molecule has 4 aromatic carbocycles. The molecule has 0 saturated carbocycles. The second-order valence-electron chi connectivity index (χ2n) is 8.11. The number of thioether (sulfide) groups is 1. The lowest BCUT2D eigenvalue weighted by molar-refractivity contribution is -0.113. The smallest absolute Gasteiger partial charge is 0.339 e. The van der Waals surface area contributed by atoms with Crippen LogP contribution in [0.5, 0.6) is 5.75 Å². The molecular weight excluding hydrogens is 688 g/mol. The van der Waals surface area contributed by atoms with Crippen LogP contribution in [0.1, 0.15) is 5.56 Å². The third-order valence-electron chi connectivity index (χ3n) is 5.42. The highest BCUT2D eigenvalue weighted by Crippen LogP contribution is 2.41. The minimum atomic E-state index is -4.20. The topological polar surface area (TPSA) is 76.0 Å². The summed E-state index contributed by atoms with van der Waals surface area (Å²) >= 11 is 14.0. The summed E-state index contributed by atoms with van der Waals surface area (Å²) in [6.07, 6.45) is 1.60. The van der Waals surface area contributed by atoms with Crippen LogP contribution in [-0.2, 0) is 14.9 Å². The summed E-state index contributed by atoms with van der Waals surface area (Å²) in [4.78, 5) is 20.2. The number of aliphatic imine (C=N–C) groups is 1. The van der Waals surface area contributed by atoms with Gasteiger partial charge in [-0.2, -0.15) is 8.42 Å². The summed E-state index contributed by atoms with van der Waals surface area (Å²) in [5.41, 5.74) is 1.72. The summed E-state index contributed by atoms with van der Waals surface area (Å²) in [6.45, 7) is 0. The van der Waals surface area contributed by atoms with Crippen LogP contribution in [0.3, 0.4) is 0 Å². The number of anilines is 1. The Labute approximate surface area is 251 Å². The molecule has 1 aliphatic rings. The third kappa shape index (κ3) is 6.31. The molecular formula is C28H17Br2ClN2O4S2. The standard InChI is InChI=1S/C28H17Br2ClN2O4S2/c29-19-15-18(26(24(30)17-19)37-39(35,36)23-13-11-20(31)12-14-23)16-25-27(34)33(22-9-5-2-6-10-22)28(38-25)32-21-7-3-1-4-8-21/h1-17H/b25-16+,32-28?. The Bertz CT molecular complexity index is 1710. The number of amidine groups is 1. The summed E-state index contributed by atoms with van der Waals surface area (Å²) in [5.74, 6) is -0.266. The van der Waals surface area contributed by atoms with E-state index in [1.807, 2.05) is 60.7 Å². The van der Waals surface area contributed by atoms with Gasteiger partial charge in [0, 0.05) is 15.1 Å². The summed E-state index contributed by atoms with van der Waals surface area (Å²) < 4.78 is 32.8. The highest BCUT2D eigenvalue weighted by atomic mass is 79.9. The van der Waals surface area contributed by atoms with Gasteiger partial charge < -0.3 is 4.18 Å². The van der Waals surface area contributed by atoms with Gasteiger partial charge in [-0.15, -0.1) is 0 Å². The number of para-hydroxylation sites is 2. The molecule has 0 bridgehead atoms. The quantitative estimate of drug-likeness (QED) is 0.149. The molecule has 39 heavy (non-hydrogen) atoms. The summed E-state index contributed by atoms with van der Waals surface area (Å²) in [6, 6.07) is 27.5. The number of carbonyl (C=O) groups is 1. The number of halogens is 3. The Morgan fingerprint density at radius 3 is 2.21 bits per heavy atom. The Balaban J connectivity index is 1.58. The van der Waals surface area contributed by atoms with Crippen LogP contribution in [0.2, 0.25) is 5.02 Å². The third-order valence-corrected chi connectivity index (χ3v) is 8.92. The molecule has 0 aromatic heterocycles. The van der Waals surface area contributed by atoms with Gasteiger partial charge in [-0.1, -0.05) is 63.9 Å². The molecule has 0 aliphatic carbocycles. The van der Waals surface area contributed by atoms with Crippen LogP contribution < -0.4 is 9.08 Å². The first-order chi connectivity index (χ1) is 18.7. The molecule has 0 spiro atoms. The molecule has 11 heteroatoms. The van der Waals surface area contributed by atoms with Gasteiger partial charge in [-0.3, -0.25) is 9.69 Å². The van der Waals surface area contributed by atoms with Gasteiger partial charge in [0.05, 0.1) is 20.8 Å². The van der Waals surface area contributed by atoms with Crippen LogP contribution in [0, 0.1) is 0 Å². The Hall–Kier alpha value is -2.89. The number of hydrogen-bond donors (Lipinski definition) is 0. The van der Waals surface area contributed by atoms with Crippen molar-refractivity contribution in [1.82, 2.24) is 0 Å². The Morgan fingerprint density at radius 2 is 1.54 bits per heavy atom. The monoisotopic (exact) mass is 702 g/mol. The molecule has 0 unspecified atom stereocenters. The fourth-order valence-electron chi connectivity index (χ4n) is 3.64. The molecule has 1 aliphatic heterocycles. The molecule has 5 rings (SSSR count). The van der Waals surface area contributed by atoms with Crippen molar-refractivity contribution in [1.29, 1.82) is 0 Å². The second kappa shape index (κ2) is 11.7. The number of hydrogen-bond acceptors (Lipinski definition) is 6. The lowest BCUT2D eigenvalue weighted by atomic mass is 10.2. The van der Waals surface area contributed by atoms with Crippen molar-refractivity contribution in [3.63, 3.8) is 0 Å². The van der Waals surface area contributed by atoms with E-state index in [4.69, 9.17) is 20.8 Å². The van der Waals surface area contributed by atoms with Gasteiger partial charge >= 0.3 is 10.1 Å². The molecule has 4 aromatic rings. The summed E-state index contributed by atoms with van der Waals surface area (Å²) in [7, 11) is -4.20. The number of rotatable bonds is 6. The molecule has 1 saturated heterocycles. The zero-order chi connectivity index (χ0) is 27.6. The number of nitrogens with zero attached hydrogens (tertiary/aromatic N) is 2. The van der Waals surface area contributed by atoms with Crippen LogP contribution in [0.4, 0.5) is 11.4 Å². The molecule has 0 N–H and O–H groups in total. The molecule has 0 radical (unpaired) electrons. The van der Waals surface area contributed by atoms with Crippen molar-refractivity contribution < 1.29 is 17.4 Å². The van der Waals surface area contributed by atoms with E-state index in [-0.39, 0.29) is 16.6 Å². The molecule has 0 atom stereocenters. The van der Waals surface area contributed by atoms with Crippen molar-refractivity contribution >= 4 is 93.9 Å². The van der Waals surface area contributed by atoms with Gasteiger partial charge in [-0.25, -0.2) is 4.99 Å². The summed E-state index contributed by atoms with van der Waals surface area (Å²) in [5, 5.41) is 0.867.